The first-order valence-corrected chi connectivity index (χ1v) is 6.77. The summed E-state index contributed by atoms with van der Waals surface area (Å²) >= 11 is 0. The van der Waals surface area contributed by atoms with Crippen molar-refractivity contribution in [3.63, 3.8) is 0 Å². The molecule has 0 saturated heterocycles. The van der Waals surface area contributed by atoms with Gasteiger partial charge in [-0.3, -0.25) is 0 Å². The first-order valence-electron chi connectivity index (χ1n) is 6.77. The van der Waals surface area contributed by atoms with Gasteiger partial charge in [-0.15, -0.1) is 0 Å². The summed E-state index contributed by atoms with van der Waals surface area (Å²) in [7, 11) is 4.24. The summed E-state index contributed by atoms with van der Waals surface area (Å²) in [4.78, 5) is 6.48. The molecule has 1 aromatic heterocycles. The lowest BCUT2D eigenvalue weighted by molar-refractivity contribution is 0.384. The van der Waals surface area contributed by atoms with Gasteiger partial charge in [0.05, 0.1) is 12.0 Å². The summed E-state index contributed by atoms with van der Waals surface area (Å²) < 4.78 is 2.26. The van der Waals surface area contributed by atoms with Gasteiger partial charge in [0.15, 0.2) is 0 Å². The molecule has 0 unspecified atom stereocenters. The maximum absolute atomic E-state index is 4.25. The van der Waals surface area contributed by atoms with Crippen molar-refractivity contribution in [3.05, 3.63) is 18.2 Å². The molecule has 0 atom stereocenters. The Morgan fingerprint density at radius 3 is 2.61 bits per heavy atom. The Labute approximate surface area is 111 Å². The Morgan fingerprint density at radius 1 is 1.28 bits per heavy atom. The molecule has 1 rings (SSSR count). The minimum absolute atomic E-state index is 0.153. The molecule has 4 heteroatoms. The van der Waals surface area contributed by atoms with E-state index in [1.165, 1.54) is 18.5 Å². The molecule has 0 amide bonds. The van der Waals surface area contributed by atoms with Crippen molar-refractivity contribution in [3.8, 4) is 0 Å². The summed E-state index contributed by atoms with van der Waals surface area (Å²) in [6, 6.07) is 0. The maximum atomic E-state index is 4.25. The number of hydrogen-bond donors (Lipinski definition) is 1. The van der Waals surface area contributed by atoms with Crippen molar-refractivity contribution >= 4 is 0 Å². The molecule has 0 spiro atoms. The second-order valence-electron chi connectivity index (χ2n) is 6.19. The van der Waals surface area contributed by atoms with Crippen LogP contribution < -0.4 is 5.32 Å². The highest BCUT2D eigenvalue weighted by atomic mass is 15.1. The van der Waals surface area contributed by atoms with Crippen molar-refractivity contribution in [1.29, 1.82) is 0 Å². The zero-order valence-corrected chi connectivity index (χ0v) is 12.5. The molecule has 0 aliphatic heterocycles. The van der Waals surface area contributed by atoms with Crippen LogP contribution in [0.15, 0.2) is 12.5 Å². The lowest BCUT2D eigenvalue weighted by Crippen LogP contribution is -2.35. The lowest BCUT2D eigenvalue weighted by atomic mass is 10.1. The summed E-state index contributed by atoms with van der Waals surface area (Å²) in [5, 5.41) is 3.50. The van der Waals surface area contributed by atoms with Gasteiger partial charge in [0.1, 0.15) is 0 Å². The van der Waals surface area contributed by atoms with Crippen molar-refractivity contribution in [2.45, 2.75) is 52.2 Å². The SMILES string of the molecule is CN(C)CCCCn1cncc1CNC(C)(C)C. The van der Waals surface area contributed by atoms with E-state index >= 15 is 0 Å². The zero-order valence-electron chi connectivity index (χ0n) is 12.5. The Morgan fingerprint density at radius 2 is 2.00 bits per heavy atom. The number of aryl methyl sites for hydroxylation is 1. The van der Waals surface area contributed by atoms with Crippen LogP contribution in [0.2, 0.25) is 0 Å². The monoisotopic (exact) mass is 252 g/mol. The van der Waals surface area contributed by atoms with E-state index in [2.05, 4.69) is 54.6 Å². The predicted molar refractivity (Wildman–Crippen MR) is 76.6 cm³/mol. The topological polar surface area (TPSA) is 33.1 Å². The average Bonchev–Trinajstić information content (AvgIpc) is 2.68. The van der Waals surface area contributed by atoms with Crippen molar-refractivity contribution < 1.29 is 0 Å². The Hall–Kier alpha value is -0.870. The Balaban J connectivity index is 2.35. The van der Waals surface area contributed by atoms with E-state index in [1.807, 2.05) is 12.5 Å². The Bertz CT molecular complexity index is 336. The Kier molecular flexibility index (Phi) is 5.82. The third-order valence-corrected chi connectivity index (χ3v) is 2.85. The lowest BCUT2D eigenvalue weighted by Gasteiger charge is -2.21. The highest BCUT2D eigenvalue weighted by Gasteiger charge is 2.10. The normalized spacial score (nSPS) is 12.3. The fraction of sp³-hybridized carbons (Fsp3) is 0.786. The molecule has 0 radical (unpaired) electrons. The van der Waals surface area contributed by atoms with Gasteiger partial charge in [-0.1, -0.05) is 0 Å². The third-order valence-electron chi connectivity index (χ3n) is 2.85. The van der Waals surface area contributed by atoms with E-state index in [-0.39, 0.29) is 5.54 Å². The molecule has 0 saturated carbocycles. The van der Waals surface area contributed by atoms with E-state index in [0.717, 1.165) is 19.6 Å². The van der Waals surface area contributed by atoms with Crippen LogP contribution in [-0.4, -0.2) is 40.6 Å². The fourth-order valence-electron chi connectivity index (χ4n) is 1.76. The van der Waals surface area contributed by atoms with Crippen molar-refractivity contribution in [1.82, 2.24) is 19.8 Å². The predicted octanol–water partition coefficient (Wildman–Crippen LogP) is 2.11. The van der Waals surface area contributed by atoms with Gasteiger partial charge in [0.25, 0.3) is 0 Å². The first-order chi connectivity index (χ1) is 8.38. The number of aromatic nitrogens is 2. The molecule has 1 N–H and O–H groups in total. The maximum Gasteiger partial charge on any atom is 0.0948 e. The molecular weight excluding hydrogens is 224 g/mol. The highest BCUT2D eigenvalue weighted by molar-refractivity contribution is 4.98. The van der Waals surface area contributed by atoms with Crippen LogP contribution in [0, 0.1) is 0 Å². The minimum Gasteiger partial charge on any atom is -0.333 e. The molecule has 0 aliphatic carbocycles. The van der Waals surface area contributed by atoms with Gasteiger partial charge in [-0.2, -0.15) is 0 Å². The quantitative estimate of drug-likeness (QED) is 0.755. The molecule has 1 heterocycles. The van der Waals surface area contributed by atoms with Gasteiger partial charge in [-0.05, 0) is 54.3 Å². The van der Waals surface area contributed by atoms with Gasteiger partial charge in [0.2, 0.25) is 0 Å². The summed E-state index contributed by atoms with van der Waals surface area (Å²) in [5.74, 6) is 0. The van der Waals surface area contributed by atoms with Gasteiger partial charge >= 0.3 is 0 Å². The number of rotatable bonds is 7. The number of imidazole rings is 1. The fourth-order valence-corrected chi connectivity index (χ4v) is 1.76. The summed E-state index contributed by atoms with van der Waals surface area (Å²) in [6.45, 7) is 9.66. The number of unbranched alkanes of at least 4 members (excludes halogenated alkanes) is 1. The van der Waals surface area contributed by atoms with E-state index in [9.17, 15) is 0 Å². The second-order valence-corrected chi connectivity index (χ2v) is 6.19. The molecule has 0 fully saturated rings. The minimum atomic E-state index is 0.153. The highest BCUT2D eigenvalue weighted by Crippen LogP contribution is 2.06. The summed E-state index contributed by atoms with van der Waals surface area (Å²) in [5.41, 5.74) is 1.43. The van der Waals surface area contributed by atoms with Crippen LogP contribution in [-0.2, 0) is 13.1 Å². The molecule has 0 aliphatic rings. The number of nitrogens with one attached hydrogen (secondary N) is 1. The largest absolute Gasteiger partial charge is 0.333 e. The molecule has 0 bridgehead atoms. The van der Waals surface area contributed by atoms with Crippen LogP contribution in [0.5, 0.6) is 0 Å². The molecule has 18 heavy (non-hydrogen) atoms. The number of nitrogens with zero attached hydrogens (tertiary/aromatic N) is 3. The smallest absolute Gasteiger partial charge is 0.0948 e. The summed E-state index contributed by atoms with van der Waals surface area (Å²) in [6.07, 6.45) is 6.34. The standard InChI is InChI=1S/C14H28N4/c1-14(2,3)16-11-13-10-15-12-18(13)9-7-6-8-17(4)5/h10,12,16H,6-9,11H2,1-5H3. The van der Waals surface area contributed by atoms with Gasteiger partial charge in [0, 0.05) is 24.8 Å². The zero-order chi connectivity index (χ0) is 13.6. The molecule has 104 valence electrons. The van der Waals surface area contributed by atoms with E-state index < -0.39 is 0 Å². The van der Waals surface area contributed by atoms with E-state index in [4.69, 9.17) is 0 Å². The van der Waals surface area contributed by atoms with Gasteiger partial charge in [-0.25, -0.2) is 4.98 Å². The van der Waals surface area contributed by atoms with Crippen LogP contribution in [0.4, 0.5) is 0 Å². The third kappa shape index (κ3) is 6.17. The number of hydrogen-bond acceptors (Lipinski definition) is 3. The molecule has 1 aromatic rings. The van der Waals surface area contributed by atoms with Crippen molar-refractivity contribution in [2.24, 2.45) is 0 Å². The van der Waals surface area contributed by atoms with Crippen molar-refractivity contribution in [2.75, 3.05) is 20.6 Å². The second kappa shape index (κ2) is 6.90. The molecular formula is C14H28N4. The van der Waals surface area contributed by atoms with Gasteiger partial charge < -0.3 is 14.8 Å². The first kappa shape index (κ1) is 15.2. The van der Waals surface area contributed by atoms with E-state index in [1.54, 1.807) is 0 Å². The van der Waals surface area contributed by atoms with Crippen LogP contribution in [0.1, 0.15) is 39.3 Å². The van der Waals surface area contributed by atoms with E-state index in [0.29, 0.717) is 0 Å². The molecule has 4 nitrogen and oxygen atoms in total. The van der Waals surface area contributed by atoms with Crippen LogP contribution in [0.3, 0.4) is 0 Å². The van der Waals surface area contributed by atoms with Crippen LogP contribution >= 0.6 is 0 Å². The average molecular weight is 252 g/mol. The molecule has 0 aromatic carbocycles. The van der Waals surface area contributed by atoms with Crippen LogP contribution in [0.25, 0.3) is 0 Å².